The number of rotatable bonds is 8. The van der Waals surface area contributed by atoms with Crippen molar-refractivity contribution < 1.29 is 23.1 Å². The number of nitrogens with one attached hydrogen (secondary N) is 2. The minimum absolute atomic E-state index is 0.00375. The molecule has 11 heteroatoms. The van der Waals surface area contributed by atoms with E-state index in [1.165, 1.54) is 6.07 Å². The average molecular weight is 567 g/mol. The van der Waals surface area contributed by atoms with Crippen molar-refractivity contribution in [2.75, 3.05) is 45.2 Å². The third-order valence-electron chi connectivity index (χ3n) is 8.06. The number of aromatic nitrogens is 2. The van der Waals surface area contributed by atoms with Crippen LogP contribution in [0.15, 0.2) is 48.5 Å². The Hall–Kier alpha value is -3.83. The lowest BCUT2D eigenvalue weighted by molar-refractivity contribution is -0.129. The van der Waals surface area contributed by atoms with Crippen molar-refractivity contribution in [1.29, 1.82) is 0 Å². The molecule has 3 atom stereocenters. The second-order valence-electron chi connectivity index (χ2n) is 10.7. The number of benzene rings is 2. The van der Waals surface area contributed by atoms with Crippen LogP contribution < -0.4 is 10.6 Å². The van der Waals surface area contributed by atoms with Crippen molar-refractivity contribution in [2.24, 2.45) is 0 Å². The van der Waals surface area contributed by atoms with E-state index in [0.29, 0.717) is 44.2 Å². The lowest BCUT2D eigenvalue weighted by Gasteiger charge is -2.22. The highest BCUT2D eigenvalue weighted by molar-refractivity contribution is 5.90. The van der Waals surface area contributed by atoms with Crippen LogP contribution in [0.1, 0.15) is 48.5 Å². The second kappa shape index (κ2) is 12.4. The molecule has 0 spiro atoms. The van der Waals surface area contributed by atoms with Gasteiger partial charge in [-0.15, -0.1) is 0 Å². The van der Waals surface area contributed by atoms with Gasteiger partial charge in [-0.2, -0.15) is 5.10 Å². The number of methoxy groups -OCH3 is 1. The fourth-order valence-electron chi connectivity index (χ4n) is 5.99. The first-order valence-electron chi connectivity index (χ1n) is 13.9. The van der Waals surface area contributed by atoms with Crippen molar-refractivity contribution in [3.63, 3.8) is 0 Å². The van der Waals surface area contributed by atoms with Crippen molar-refractivity contribution in [3.05, 3.63) is 77.0 Å². The van der Waals surface area contributed by atoms with Gasteiger partial charge in [-0.1, -0.05) is 24.3 Å². The number of likely N-dealkylation sites (tertiary alicyclic amines) is 2. The minimum Gasteiger partial charge on any atom is -0.383 e. The molecule has 218 valence electrons. The lowest BCUT2D eigenvalue weighted by atomic mass is 9.94. The van der Waals surface area contributed by atoms with Crippen LogP contribution in [0.5, 0.6) is 0 Å². The molecule has 2 aliphatic heterocycles. The Labute approximate surface area is 238 Å². The third kappa shape index (κ3) is 6.11. The average Bonchev–Trinajstić information content (AvgIpc) is 3.68. The summed E-state index contributed by atoms with van der Waals surface area (Å²) >= 11 is 0. The summed E-state index contributed by atoms with van der Waals surface area (Å²) < 4.78 is 34.7. The van der Waals surface area contributed by atoms with Gasteiger partial charge in [0.05, 0.1) is 30.1 Å². The highest BCUT2D eigenvalue weighted by Gasteiger charge is 2.36. The molecule has 2 N–H and O–H groups in total. The van der Waals surface area contributed by atoms with Crippen molar-refractivity contribution in [2.45, 2.75) is 44.7 Å². The number of para-hydroxylation sites is 1. The number of anilines is 1. The van der Waals surface area contributed by atoms with Gasteiger partial charge in [0.25, 0.3) is 0 Å². The maximum absolute atomic E-state index is 14.1. The smallest absolute Gasteiger partial charge is 0.320 e. The highest BCUT2D eigenvalue weighted by Crippen LogP contribution is 2.36. The first kappa shape index (κ1) is 28.7. The van der Waals surface area contributed by atoms with E-state index >= 15 is 0 Å². The predicted octanol–water partition coefficient (Wildman–Crippen LogP) is 4.38. The van der Waals surface area contributed by atoms with E-state index in [9.17, 15) is 18.4 Å². The Morgan fingerprint density at radius 3 is 2.59 bits per heavy atom. The van der Waals surface area contributed by atoms with Crippen molar-refractivity contribution >= 4 is 17.8 Å². The Bertz CT molecular complexity index is 1400. The molecule has 3 amide bonds. The molecule has 3 heterocycles. The monoisotopic (exact) mass is 566 g/mol. The number of urea groups is 1. The predicted molar refractivity (Wildman–Crippen MR) is 151 cm³/mol. The molecule has 3 aromatic rings. The first-order valence-corrected chi connectivity index (χ1v) is 13.9. The summed E-state index contributed by atoms with van der Waals surface area (Å²) in [7, 11) is 1.62. The quantitative estimate of drug-likeness (QED) is 0.423. The molecule has 41 heavy (non-hydrogen) atoms. The summed E-state index contributed by atoms with van der Waals surface area (Å²) in [6, 6.07) is 12.4. The molecule has 5 rings (SSSR count). The number of hydrogen-bond acceptors (Lipinski definition) is 5. The summed E-state index contributed by atoms with van der Waals surface area (Å²) in [5.41, 5.74) is 2.93. The lowest BCUT2D eigenvalue weighted by Crippen LogP contribution is -2.42. The SMILES string of the molecule is COCCN1C[C@@H](NC(=O)Nc2c(C)c([C@H]3CCCN3C(C)=O)nn2-c2ccccc2)[C@H](c2ccc(F)c(F)c2)C1. The number of halogens is 2. The number of ether oxygens (including phenoxy) is 1. The largest absolute Gasteiger partial charge is 0.383 e. The van der Waals surface area contributed by atoms with Crippen LogP contribution in [0.3, 0.4) is 0 Å². The summed E-state index contributed by atoms with van der Waals surface area (Å²) in [6.45, 7) is 6.39. The normalized spacial score (nSPS) is 20.9. The fraction of sp³-hybridized carbons (Fsp3) is 0.433. The molecule has 2 aromatic carbocycles. The van der Waals surface area contributed by atoms with Crippen LogP contribution in [0.2, 0.25) is 0 Å². The zero-order chi connectivity index (χ0) is 29.1. The van der Waals surface area contributed by atoms with E-state index < -0.39 is 17.7 Å². The second-order valence-corrected chi connectivity index (χ2v) is 10.7. The zero-order valence-corrected chi connectivity index (χ0v) is 23.6. The molecule has 2 saturated heterocycles. The Morgan fingerprint density at radius 1 is 1.10 bits per heavy atom. The Morgan fingerprint density at radius 2 is 1.88 bits per heavy atom. The Balaban J connectivity index is 1.42. The van der Waals surface area contributed by atoms with E-state index in [2.05, 4.69) is 15.5 Å². The van der Waals surface area contributed by atoms with Gasteiger partial charge in [0.2, 0.25) is 5.91 Å². The summed E-state index contributed by atoms with van der Waals surface area (Å²) in [4.78, 5) is 29.8. The van der Waals surface area contributed by atoms with Crippen LogP contribution in [0, 0.1) is 18.6 Å². The highest BCUT2D eigenvalue weighted by atomic mass is 19.2. The van der Waals surface area contributed by atoms with Crippen LogP contribution in [-0.4, -0.2) is 77.5 Å². The van der Waals surface area contributed by atoms with E-state index in [0.717, 1.165) is 35.9 Å². The summed E-state index contributed by atoms with van der Waals surface area (Å²) in [5.74, 6) is -1.56. The van der Waals surface area contributed by atoms with Gasteiger partial charge in [0, 0.05) is 51.7 Å². The van der Waals surface area contributed by atoms with Crippen molar-refractivity contribution in [3.8, 4) is 5.69 Å². The van der Waals surface area contributed by atoms with Gasteiger partial charge in [-0.05, 0) is 49.6 Å². The molecule has 0 saturated carbocycles. The number of carbonyl (C=O) groups excluding carboxylic acids is 2. The van der Waals surface area contributed by atoms with Gasteiger partial charge in [0.1, 0.15) is 5.82 Å². The van der Waals surface area contributed by atoms with Crippen LogP contribution in [0.25, 0.3) is 5.69 Å². The molecular weight excluding hydrogens is 530 g/mol. The first-order chi connectivity index (χ1) is 19.8. The molecule has 1 aromatic heterocycles. The van der Waals surface area contributed by atoms with Gasteiger partial charge >= 0.3 is 6.03 Å². The van der Waals surface area contributed by atoms with Gasteiger partial charge in [-0.25, -0.2) is 18.3 Å². The molecule has 2 aliphatic rings. The molecular formula is C30H36F2N6O3. The van der Waals surface area contributed by atoms with Gasteiger partial charge in [-0.3, -0.25) is 15.0 Å². The van der Waals surface area contributed by atoms with Gasteiger partial charge in [0.15, 0.2) is 11.6 Å². The van der Waals surface area contributed by atoms with Crippen LogP contribution in [-0.2, 0) is 9.53 Å². The summed E-state index contributed by atoms with van der Waals surface area (Å²) in [5, 5.41) is 11.0. The number of amides is 3. The van der Waals surface area contributed by atoms with Crippen LogP contribution >= 0.6 is 0 Å². The summed E-state index contributed by atoms with van der Waals surface area (Å²) in [6.07, 6.45) is 1.69. The Kier molecular flexibility index (Phi) is 8.65. The van der Waals surface area contributed by atoms with Gasteiger partial charge < -0.3 is 15.0 Å². The van der Waals surface area contributed by atoms with Crippen molar-refractivity contribution in [1.82, 2.24) is 24.9 Å². The minimum atomic E-state index is -0.914. The van der Waals surface area contributed by atoms with E-state index in [4.69, 9.17) is 9.84 Å². The molecule has 0 bridgehead atoms. The maximum Gasteiger partial charge on any atom is 0.320 e. The number of hydrogen-bond donors (Lipinski definition) is 2. The maximum atomic E-state index is 14.1. The molecule has 0 aliphatic carbocycles. The van der Waals surface area contributed by atoms with E-state index in [1.54, 1.807) is 24.8 Å². The van der Waals surface area contributed by atoms with E-state index in [1.807, 2.05) is 42.2 Å². The third-order valence-corrected chi connectivity index (χ3v) is 8.06. The molecule has 0 unspecified atom stereocenters. The standard InChI is InChI=1S/C30H36F2N6O3/c1-19-28(27-10-7-13-37(27)20(2)39)35-38(22-8-5-4-6-9-22)29(19)34-30(40)33-26-18-36(14-15-41-3)17-23(26)21-11-12-24(31)25(32)16-21/h4-6,8-9,11-12,16,23,26-27H,7,10,13-15,17-18H2,1-3H3,(H2,33,34,40)/t23-,26+,27+/m0/s1. The molecule has 0 radical (unpaired) electrons. The van der Waals surface area contributed by atoms with Crippen LogP contribution in [0.4, 0.5) is 19.4 Å². The number of nitrogens with zero attached hydrogens (tertiary/aromatic N) is 4. The zero-order valence-electron chi connectivity index (χ0n) is 23.6. The van der Waals surface area contributed by atoms with E-state index in [-0.39, 0.29) is 23.9 Å². The molecule has 2 fully saturated rings. The fourth-order valence-corrected chi connectivity index (χ4v) is 5.99. The number of carbonyl (C=O) groups is 2. The topological polar surface area (TPSA) is 91.7 Å². The molecule has 9 nitrogen and oxygen atoms in total.